The van der Waals surface area contributed by atoms with Gasteiger partial charge in [-0.2, -0.15) is 0 Å². The maximum Gasteiger partial charge on any atom is 0.407 e. The van der Waals surface area contributed by atoms with Crippen molar-refractivity contribution < 1.29 is 24.2 Å². The zero-order chi connectivity index (χ0) is 23.7. The molecule has 3 N–H and O–H groups in total. The molecule has 0 bridgehead atoms. The third-order valence-electron chi connectivity index (χ3n) is 7.54. The van der Waals surface area contributed by atoms with Crippen molar-refractivity contribution >= 4 is 18.0 Å². The zero-order valence-corrected chi connectivity index (χ0v) is 19.0. The van der Waals surface area contributed by atoms with E-state index in [0.29, 0.717) is 19.3 Å². The van der Waals surface area contributed by atoms with Crippen LogP contribution >= 0.6 is 0 Å². The summed E-state index contributed by atoms with van der Waals surface area (Å²) in [6.45, 7) is 0.267. The minimum atomic E-state index is -0.796. The topological polar surface area (TPSA) is 105 Å². The number of benzene rings is 2. The summed E-state index contributed by atoms with van der Waals surface area (Å²) in [7, 11) is 0. The highest BCUT2D eigenvalue weighted by molar-refractivity contribution is 5.80. The number of alkyl carbamates (subject to hydrolysis) is 1. The Morgan fingerprint density at radius 1 is 0.824 bits per heavy atom. The fraction of sp³-hybridized carbons (Fsp3) is 0.444. The second kappa shape index (κ2) is 9.49. The van der Waals surface area contributed by atoms with Crippen molar-refractivity contribution in [2.75, 3.05) is 6.61 Å². The van der Waals surface area contributed by atoms with Crippen LogP contribution in [0.1, 0.15) is 55.6 Å². The van der Waals surface area contributed by atoms with Gasteiger partial charge in [-0.15, -0.1) is 0 Å². The van der Waals surface area contributed by atoms with E-state index >= 15 is 0 Å². The molecule has 2 saturated carbocycles. The Labute approximate surface area is 198 Å². The number of carboxylic acid groups (broad SMARTS) is 1. The van der Waals surface area contributed by atoms with E-state index in [-0.39, 0.29) is 42.4 Å². The second-order valence-electron chi connectivity index (χ2n) is 9.74. The molecule has 3 aliphatic carbocycles. The minimum absolute atomic E-state index is 0.0140. The molecule has 0 aliphatic heterocycles. The molecule has 7 nitrogen and oxygen atoms in total. The standard InChI is InChI=1S/C27H30N2O5/c30-25(28-19-13-17(14-19)26(31)32)16-6-5-7-18(12-16)29-27(33)34-15-24-22-10-3-1-8-20(22)21-9-2-4-11-23(21)24/h1-4,8-11,16-19,24H,5-7,12-15H2,(H,28,30)(H,29,33)(H,31,32)/t16-,17?,18+,19?/m0/s1. The van der Waals surface area contributed by atoms with Gasteiger partial charge in [-0.1, -0.05) is 55.0 Å². The molecule has 0 heterocycles. The summed E-state index contributed by atoms with van der Waals surface area (Å²) in [5, 5.41) is 14.9. The SMILES string of the molecule is O=C(N[C@@H]1CCC[C@H](C(=O)NC2CC(C(=O)O)C2)C1)OCC1c2ccccc2-c2ccccc21. The van der Waals surface area contributed by atoms with Crippen LogP contribution in [0, 0.1) is 11.8 Å². The van der Waals surface area contributed by atoms with Crippen LogP contribution in [0.4, 0.5) is 4.79 Å². The molecule has 2 fully saturated rings. The summed E-state index contributed by atoms with van der Waals surface area (Å²) < 4.78 is 5.66. The molecule has 0 unspecified atom stereocenters. The highest BCUT2D eigenvalue weighted by Gasteiger charge is 2.37. The maximum absolute atomic E-state index is 12.6. The number of hydrogen-bond acceptors (Lipinski definition) is 4. The quantitative estimate of drug-likeness (QED) is 0.600. The van der Waals surface area contributed by atoms with E-state index < -0.39 is 12.1 Å². The van der Waals surface area contributed by atoms with Crippen LogP contribution in [-0.4, -0.2) is 41.8 Å². The Kier molecular flexibility index (Phi) is 6.26. The number of rotatable bonds is 6. The molecule has 0 aromatic heterocycles. The van der Waals surface area contributed by atoms with Crippen molar-refractivity contribution in [3.05, 3.63) is 59.7 Å². The first kappa shape index (κ1) is 22.4. The van der Waals surface area contributed by atoms with Gasteiger partial charge in [0.05, 0.1) is 5.92 Å². The molecule has 2 aromatic carbocycles. The predicted octanol–water partition coefficient (Wildman–Crippen LogP) is 4.06. The lowest BCUT2D eigenvalue weighted by Gasteiger charge is -2.35. The van der Waals surface area contributed by atoms with Crippen LogP contribution in [0.2, 0.25) is 0 Å². The summed E-state index contributed by atoms with van der Waals surface area (Å²) in [6.07, 6.45) is 3.57. The largest absolute Gasteiger partial charge is 0.481 e. The van der Waals surface area contributed by atoms with Crippen LogP contribution in [0.3, 0.4) is 0 Å². The van der Waals surface area contributed by atoms with Crippen LogP contribution in [-0.2, 0) is 14.3 Å². The third kappa shape index (κ3) is 4.52. The molecule has 2 amide bonds. The van der Waals surface area contributed by atoms with Gasteiger partial charge in [-0.3, -0.25) is 9.59 Å². The number of aliphatic carboxylic acids is 1. The smallest absolute Gasteiger partial charge is 0.407 e. The highest BCUT2D eigenvalue weighted by atomic mass is 16.5. The number of carbonyl (C=O) groups excluding carboxylic acids is 2. The van der Waals surface area contributed by atoms with Crippen molar-refractivity contribution in [2.45, 2.75) is 56.5 Å². The van der Waals surface area contributed by atoms with E-state index in [2.05, 4.69) is 34.9 Å². The summed E-state index contributed by atoms with van der Waals surface area (Å²) in [5.41, 5.74) is 4.72. The first-order valence-electron chi connectivity index (χ1n) is 12.1. The number of carbonyl (C=O) groups is 3. The Balaban J connectivity index is 1.12. The second-order valence-corrected chi connectivity index (χ2v) is 9.74. The normalized spacial score (nSPS) is 25.4. The molecule has 34 heavy (non-hydrogen) atoms. The van der Waals surface area contributed by atoms with E-state index in [1.807, 2.05) is 24.3 Å². The average Bonchev–Trinajstić information content (AvgIpc) is 3.13. The Hall–Kier alpha value is -3.35. The Bertz CT molecular complexity index is 1050. The van der Waals surface area contributed by atoms with E-state index in [0.717, 1.165) is 19.3 Å². The minimum Gasteiger partial charge on any atom is -0.481 e. The molecule has 2 aromatic rings. The lowest BCUT2D eigenvalue weighted by Crippen LogP contribution is -2.50. The van der Waals surface area contributed by atoms with Gasteiger partial charge in [0.25, 0.3) is 0 Å². The van der Waals surface area contributed by atoms with Gasteiger partial charge >= 0.3 is 12.1 Å². The summed E-state index contributed by atoms with van der Waals surface area (Å²) >= 11 is 0. The maximum atomic E-state index is 12.6. The number of fused-ring (bicyclic) bond motifs is 3. The van der Waals surface area contributed by atoms with Crippen LogP contribution in [0.5, 0.6) is 0 Å². The van der Waals surface area contributed by atoms with Gasteiger partial charge in [0.15, 0.2) is 0 Å². The fourth-order valence-electron chi connectivity index (χ4n) is 5.62. The van der Waals surface area contributed by atoms with E-state index in [4.69, 9.17) is 9.84 Å². The Morgan fingerprint density at radius 2 is 1.44 bits per heavy atom. The predicted molar refractivity (Wildman–Crippen MR) is 126 cm³/mol. The van der Waals surface area contributed by atoms with Crippen molar-refractivity contribution in [1.82, 2.24) is 10.6 Å². The summed E-state index contributed by atoms with van der Waals surface area (Å²) in [4.78, 5) is 36.2. The monoisotopic (exact) mass is 462 g/mol. The summed E-state index contributed by atoms with van der Waals surface area (Å²) in [6, 6.07) is 16.3. The number of amides is 2. The number of ether oxygens (including phenoxy) is 1. The van der Waals surface area contributed by atoms with Crippen molar-refractivity contribution in [3.63, 3.8) is 0 Å². The molecule has 3 aliphatic rings. The molecule has 7 heteroatoms. The molecule has 0 radical (unpaired) electrons. The molecule has 0 saturated heterocycles. The Morgan fingerprint density at radius 3 is 2.09 bits per heavy atom. The van der Waals surface area contributed by atoms with Crippen LogP contribution < -0.4 is 10.6 Å². The highest BCUT2D eigenvalue weighted by Crippen LogP contribution is 2.44. The third-order valence-corrected chi connectivity index (χ3v) is 7.54. The molecule has 5 rings (SSSR count). The molecular weight excluding hydrogens is 432 g/mol. The number of carboxylic acids is 1. The molecule has 0 spiro atoms. The van der Waals surface area contributed by atoms with Gasteiger partial charge in [-0.05, 0) is 54.4 Å². The first-order valence-corrected chi connectivity index (χ1v) is 12.1. The van der Waals surface area contributed by atoms with Crippen molar-refractivity contribution in [3.8, 4) is 11.1 Å². The van der Waals surface area contributed by atoms with Gasteiger partial charge in [0.2, 0.25) is 5.91 Å². The van der Waals surface area contributed by atoms with Crippen LogP contribution in [0.15, 0.2) is 48.5 Å². The zero-order valence-electron chi connectivity index (χ0n) is 19.0. The van der Waals surface area contributed by atoms with E-state index in [1.54, 1.807) is 0 Å². The van der Waals surface area contributed by atoms with E-state index in [1.165, 1.54) is 22.3 Å². The molecule has 178 valence electrons. The van der Waals surface area contributed by atoms with Crippen LogP contribution in [0.25, 0.3) is 11.1 Å². The van der Waals surface area contributed by atoms with Crippen molar-refractivity contribution in [1.29, 1.82) is 0 Å². The summed E-state index contributed by atoms with van der Waals surface area (Å²) in [5.74, 6) is -1.33. The molecular formula is C27H30N2O5. The lowest BCUT2D eigenvalue weighted by molar-refractivity contribution is -0.146. The fourth-order valence-corrected chi connectivity index (χ4v) is 5.62. The van der Waals surface area contributed by atoms with E-state index in [9.17, 15) is 14.4 Å². The van der Waals surface area contributed by atoms with Crippen molar-refractivity contribution in [2.24, 2.45) is 11.8 Å². The average molecular weight is 463 g/mol. The van der Waals surface area contributed by atoms with Gasteiger partial charge in [0, 0.05) is 23.9 Å². The lowest BCUT2D eigenvalue weighted by atomic mass is 9.79. The van der Waals surface area contributed by atoms with Gasteiger partial charge in [-0.25, -0.2) is 4.79 Å². The first-order chi connectivity index (χ1) is 16.5. The number of hydrogen-bond donors (Lipinski definition) is 3. The van der Waals surface area contributed by atoms with Gasteiger partial charge in [0.1, 0.15) is 6.61 Å². The van der Waals surface area contributed by atoms with Gasteiger partial charge < -0.3 is 20.5 Å². The number of nitrogens with one attached hydrogen (secondary N) is 2. The molecule has 2 atom stereocenters.